The molecule has 0 bridgehead atoms. The minimum Gasteiger partial charge on any atom is -0.493 e. The zero-order valence-corrected chi connectivity index (χ0v) is 9.09. The Morgan fingerprint density at radius 2 is 1.57 bits per heavy atom. The lowest BCUT2D eigenvalue weighted by atomic mass is 10.2. The molecule has 1 aromatic rings. The summed E-state index contributed by atoms with van der Waals surface area (Å²) in [5.41, 5.74) is 1.09. The van der Waals surface area contributed by atoms with Crippen LogP contribution in [0.5, 0.6) is 17.2 Å². The Hall–Kier alpha value is -1.38. The van der Waals surface area contributed by atoms with Crippen molar-refractivity contribution >= 4 is 0 Å². The van der Waals surface area contributed by atoms with Crippen molar-refractivity contribution in [2.24, 2.45) is 0 Å². The van der Waals surface area contributed by atoms with Gasteiger partial charge in [-0.25, -0.2) is 0 Å². The molecule has 0 fully saturated rings. The van der Waals surface area contributed by atoms with Crippen molar-refractivity contribution in [3.8, 4) is 17.2 Å². The first-order chi connectivity index (χ1) is 6.72. The summed E-state index contributed by atoms with van der Waals surface area (Å²) >= 11 is 0. The van der Waals surface area contributed by atoms with Crippen LogP contribution >= 0.6 is 0 Å². The van der Waals surface area contributed by atoms with Crippen molar-refractivity contribution < 1.29 is 14.2 Å². The van der Waals surface area contributed by atoms with Gasteiger partial charge in [0.1, 0.15) is 0 Å². The van der Waals surface area contributed by atoms with Gasteiger partial charge in [-0.1, -0.05) is 0 Å². The molecule has 78 valence electrons. The summed E-state index contributed by atoms with van der Waals surface area (Å²) in [4.78, 5) is 0. The highest BCUT2D eigenvalue weighted by atomic mass is 16.5. The molecule has 0 atom stereocenters. The van der Waals surface area contributed by atoms with E-state index in [1.807, 2.05) is 26.0 Å². The van der Waals surface area contributed by atoms with Crippen LogP contribution in [0.2, 0.25) is 0 Å². The van der Waals surface area contributed by atoms with Gasteiger partial charge in [-0.3, -0.25) is 0 Å². The lowest BCUT2D eigenvalue weighted by Crippen LogP contribution is -1.99. The van der Waals surface area contributed by atoms with Gasteiger partial charge in [0, 0.05) is 0 Å². The summed E-state index contributed by atoms with van der Waals surface area (Å²) in [6, 6.07) is 3.85. The van der Waals surface area contributed by atoms with Crippen molar-refractivity contribution in [2.75, 3.05) is 20.8 Å². The van der Waals surface area contributed by atoms with Gasteiger partial charge < -0.3 is 14.2 Å². The van der Waals surface area contributed by atoms with Gasteiger partial charge in [-0.05, 0) is 31.5 Å². The van der Waals surface area contributed by atoms with Crippen molar-refractivity contribution in [2.45, 2.75) is 13.8 Å². The highest BCUT2D eigenvalue weighted by Crippen LogP contribution is 2.38. The third kappa shape index (κ3) is 2.10. The summed E-state index contributed by atoms with van der Waals surface area (Å²) in [6.45, 7) is 4.51. The van der Waals surface area contributed by atoms with Gasteiger partial charge in [0.25, 0.3) is 0 Å². The largest absolute Gasteiger partial charge is 0.493 e. The molecule has 0 heterocycles. The molecule has 14 heavy (non-hydrogen) atoms. The molecule has 0 saturated carbocycles. The van der Waals surface area contributed by atoms with Gasteiger partial charge in [-0.2, -0.15) is 0 Å². The van der Waals surface area contributed by atoms with E-state index in [1.54, 1.807) is 14.2 Å². The average molecular weight is 196 g/mol. The zero-order valence-electron chi connectivity index (χ0n) is 9.09. The van der Waals surface area contributed by atoms with Crippen LogP contribution in [0, 0.1) is 6.92 Å². The maximum atomic E-state index is 5.45. The number of hydrogen-bond acceptors (Lipinski definition) is 3. The highest BCUT2D eigenvalue weighted by Gasteiger charge is 2.11. The number of aryl methyl sites for hydroxylation is 1. The Labute approximate surface area is 84.6 Å². The molecule has 0 N–H and O–H groups in total. The van der Waals surface area contributed by atoms with Gasteiger partial charge >= 0.3 is 0 Å². The molecule has 0 aliphatic heterocycles. The van der Waals surface area contributed by atoms with E-state index in [9.17, 15) is 0 Å². The minimum absolute atomic E-state index is 0.593. The minimum atomic E-state index is 0.593. The van der Waals surface area contributed by atoms with E-state index in [-0.39, 0.29) is 0 Å². The summed E-state index contributed by atoms with van der Waals surface area (Å²) in [6.07, 6.45) is 0. The van der Waals surface area contributed by atoms with E-state index in [2.05, 4.69) is 0 Å². The summed E-state index contributed by atoms with van der Waals surface area (Å²) in [7, 11) is 3.24. The SMILES string of the molecule is CCOc1c(OC)cc(C)cc1OC. The van der Waals surface area contributed by atoms with E-state index < -0.39 is 0 Å². The number of rotatable bonds is 4. The van der Waals surface area contributed by atoms with Crippen LogP contribution in [-0.4, -0.2) is 20.8 Å². The normalized spacial score (nSPS) is 9.71. The number of benzene rings is 1. The predicted octanol–water partition coefficient (Wildman–Crippen LogP) is 2.41. The van der Waals surface area contributed by atoms with Crippen LogP contribution in [0.1, 0.15) is 12.5 Å². The molecular weight excluding hydrogens is 180 g/mol. The highest BCUT2D eigenvalue weighted by molar-refractivity contribution is 5.53. The second kappa shape index (κ2) is 4.74. The monoisotopic (exact) mass is 196 g/mol. The third-order valence-corrected chi connectivity index (χ3v) is 1.89. The summed E-state index contributed by atoms with van der Waals surface area (Å²) in [5.74, 6) is 2.09. The second-order valence-electron chi connectivity index (χ2n) is 2.93. The molecule has 0 saturated heterocycles. The van der Waals surface area contributed by atoms with E-state index in [0.29, 0.717) is 23.9 Å². The molecule has 0 amide bonds. The zero-order chi connectivity index (χ0) is 10.6. The van der Waals surface area contributed by atoms with E-state index in [4.69, 9.17) is 14.2 Å². The maximum absolute atomic E-state index is 5.45. The topological polar surface area (TPSA) is 27.7 Å². The molecule has 0 aliphatic carbocycles. The number of methoxy groups -OCH3 is 2. The van der Waals surface area contributed by atoms with Crippen LogP contribution in [0.25, 0.3) is 0 Å². The molecular formula is C11H16O3. The fourth-order valence-corrected chi connectivity index (χ4v) is 1.30. The molecule has 0 aliphatic rings. The van der Waals surface area contributed by atoms with Gasteiger partial charge in [-0.15, -0.1) is 0 Å². The molecule has 1 aromatic carbocycles. The summed E-state index contributed by atoms with van der Waals surface area (Å²) < 4.78 is 15.9. The first-order valence-electron chi connectivity index (χ1n) is 4.58. The van der Waals surface area contributed by atoms with Crippen molar-refractivity contribution in [1.29, 1.82) is 0 Å². The van der Waals surface area contributed by atoms with Gasteiger partial charge in [0.05, 0.1) is 20.8 Å². The first-order valence-corrected chi connectivity index (χ1v) is 4.58. The molecule has 3 heteroatoms. The molecule has 1 rings (SSSR count). The molecule has 0 spiro atoms. The smallest absolute Gasteiger partial charge is 0.203 e. The van der Waals surface area contributed by atoms with Crippen LogP contribution in [0.3, 0.4) is 0 Å². The molecule has 3 nitrogen and oxygen atoms in total. The Bertz CT molecular complexity index is 282. The third-order valence-electron chi connectivity index (χ3n) is 1.89. The Morgan fingerprint density at radius 1 is 1.07 bits per heavy atom. The molecule has 0 radical (unpaired) electrons. The fourth-order valence-electron chi connectivity index (χ4n) is 1.30. The number of hydrogen-bond donors (Lipinski definition) is 0. The van der Waals surface area contributed by atoms with Crippen LogP contribution < -0.4 is 14.2 Å². The lowest BCUT2D eigenvalue weighted by molar-refractivity contribution is 0.288. The van der Waals surface area contributed by atoms with Crippen molar-refractivity contribution in [1.82, 2.24) is 0 Å². The van der Waals surface area contributed by atoms with Crippen molar-refractivity contribution in [3.63, 3.8) is 0 Å². The Balaban J connectivity index is 3.18. The van der Waals surface area contributed by atoms with Crippen LogP contribution in [0.4, 0.5) is 0 Å². The van der Waals surface area contributed by atoms with E-state index >= 15 is 0 Å². The predicted molar refractivity (Wildman–Crippen MR) is 55.5 cm³/mol. The van der Waals surface area contributed by atoms with E-state index in [1.165, 1.54) is 0 Å². The van der Waals surface area contributed by atoms with E-state index in [0.717, 1.165) is 5.56 Å². The average Bonchev–Trinajstić information content (AvgIpc) is 2.20. The van der Waals surface area contributed by atoms with Gasteiger partial charge in [0.2, 0.25) is 5.75 Å². The Kier molecular flexibility index (Phi) is 3.63. The quantitative estimate of drug-likeness (QED) is 0.740. The fraction of sp³-hybridized carbons (Fsp3) is 0.455. The standard InChI is InChI=1S/C11H16O3/c1-5-14-11-9(12-3)6-8(2)7-10(11)13-4/h6-7H,5H2,1-4H3. The maximum Gasteiger partial charge on any atom is 0.203 e. The van der Waals surface area contributed by atoms with Crippen molar-refractivity contribution in [3.05, 3.63) is 17.7 Å². The first kappa shape index (κ1) is 10.7. The Morgan fingerprint density at radius 3 is 1.93 bits per heavy atom. The van der Waals surface area contributed by atoms with Gasteiger partial charge in [0.15, 0.2) is 11.5 Å². The van der Waals surface area contributed by atoms with Crippen LogP contribution in [0.15, 0.2) is 12.1 Å². The van der Waals surface area contributed by atoms with Crippen LogP contribution in [-0.2, 0) is 0 Å². The molecule has 0 aromatic heterocycles. The lowest BCUT2D eigenvalue weighted by Gasteiger charge is -2.13. The summed E-state index contributed by atoms with van der Waals surface area (Å²) in [5, 5.41) is 0. The molecule has 0 unspecified atom stereocenters. The second-order valence-corrected chi connectivity index (χ2v) is 2.93. The number of ether oxygens (including phenoxy) is 3.